The molecule has 0 bridgehead atoms. The number of benzene rings is 10. The van der Waals surface area contributed by atoms with Gasteiger partial charge < -0.3 is 18.6 Å². The Hall–Kier alpha value is -9.38. The van der Waals surface area contributed by atoms with Gasteiger partial charge >= 0.3 is 0 Å². The summed E-state index contributed by atoms with van der Waals surface area (Å²) < 4.78 is 5.24. The maximum Gasteiger partial charge on any atom is 0.0642 e. The second-order valence-corrected chi connectivity index (χ2v) is 20.2. The van der Waals surface area contributed by atoms with E-state index >= 15 is 0 Å². The van der Waals surface area contributed by atoms with Crippen molar-refractivity contribution in [2.75, 3.05) is 9.80 Å². The van der Waals surface area contributed by atoms with Crippen molar-refractivity contribution in [1.82, 2.24) is 8.80 Å². The van der Waals surface area contributed by atoms with Gasteiger partial charge in [-0.1, -0.05) is 170 Å². The van der Waals surface area contributed by atoms with E-state index in [1.807, 2.05) is 6.08 Å². The Morgan fingerprint density at radius 3 is 1.40 bits per heavy atom. The molecule has 0 radical (unpaired) electrons. The van der Waals surface area contributed by atoms with Gasteiger partial charge in [-0.3, -0.25) is 0 Å². The maximum absolute atomic E-state index is 4.19. The Morgan fingerprint density at radius 2 is 0.893 bits per heavy atom. The van der Waals surface area contributed by atoms with Crippen molar-refractivity contribution in [3.63, 3.8) is 0 Å². The summed E-state index contributed by atoms with van der Waals surface area (Å²) in [5.74, 6) is 0. The van der Waals surface area contributed by atoms with Crippen molar-refractivity contribution < 1.29 is 0 Å². The Balaban J connectivity index is 1.23. The zero-order valence-electron chi connectivity index (χ0n) is 42.9. The number of aromatic nitrogens is 2. The number of hydrogen-bond donors (Lipinski definition) is 0. The molecule has 358 valence electrons. The van der Waals surface area contributed by atoms with Crippen LogP contribution in [0.3, 0.4) is 0 Å². The van der Waals surface area contributed by atoms with Crippen LogP contribution in [0.2, 0.25) is 0 Å². The van der Waals surface area contributed by atoms with E-state index in [0.717, 1.165) is 28.3 Å². The molecule has 0 aliphatic rings. The number of aryl methyl sites for hydroxylation is 4. The molecule has 0 saturated heterocycles. The van der Waals surface area contributed by atoms with Gasteiger partial charge in [0.05, 0.1) is 44.5 Å². The largest absolute Gasteiger partial charge is 0.310 e. The van der Waals surface area contributed by atoms with Gasteiger partial charge in [0.2, 0.25) is 0 Å². The van der Waals surface area contributed by atoms with Gasteiger partial charge in [-0.25, -0.2) is 0 Å². The van der Waals surface area contributed by atoms with Crippen LogP contribution in [0.4, 0.5) is 34.1 Å². The predicted octanol–water partition coefficient (Wildman–Crippen LogP) is 20.0. The normalized spacial score (nSPS) is 12.4. The minimum absolute atomic E-state index is 1.12. The number of hydrogen-bond acceptors (Lipinski definition) is 2. The summed E-state index contributed by atoms with van der Waals surface area (Å²) in [5.41, 5.74) is 23.6. The van der Waals surface area contributed by atoms with E-state index in [4.69, 9.17) is 0 Å². The van der Waals surface area contributed by atoms with Crippen LogP contribution in [0.1, 0.15) is 34.7 Å². The molecule has 0 spiro atoms. The number of fused-ring (bicyclic) bond motifs is 12. The summed E-state index contributed by atoms with van der Waals surface area (Å²) in [6, 6.07) is 74.3. The minimum atomic E-state index is 1.12. The summed E-state index contributed by atoms with van der Waals surface area (Å²) in [5, 5.41) is 9.78. The van der Waals surface area contributed by atoms with Gasteiger partial charge in [-0.2, -0.15) is 0 Å². The number of allylic oxidation sites excluding steroid dienone is 5. The molecule has 4 heterocycles. The number of nitrogens with zero attached hydrogens (tertiary/aromatic N) is 4. The van der Waals surface area contributed by atoms with Crippen LogP contribution >= 0.6 is 0 Å². The van der Waals surface area contributed by atoms with Gasteiger partial charge in [0.25, 0.3) is 0 Å². The zero-order chi connectivity index (χ0) is 50.6. The lowest BCUT2D eigenvalue weighted by Gasteiger charge is -2.28. The molecule has 4 aromatic heterocycles. The summed E-state index contributed by atoms with van der Waals surface area (Å²) >= 11 is 0. The Morgan fingerprint density at radius 1 is 0.427 bits per heavy atom. The molecule has 4 heteroatoms. The van der Waals surface area contributed by atoms with Crippen LogP contribution in [0.25, 0.3) is 92.9 Å². The fourth-order valence-corrected chi connectivity index (χ4v) is 12.6. The highest BCUT2D eigenvalue weighted by Gasteiger charge is 2.33. The highest BCUT2D eigenvalue weighted by molar-refractivity contribution is 6.38. The molecule has 0 N–H and O–H groups in total. The molecule has 0 aliphatic carbocycles. The summed E-state index contributed by atoms with van der Waals surface area (Å²) in [6.07, 6.45) is 8.54. The Labute approximate surface area is 436 Å². The van der Waals surface area contributed by atoms with E-state index < -0.39 is 0 Å². The third-order valence-electron chi connectivity index (χ3n) is 15.8. The van der Waals surface area contributed by atoms with Gasteiger partial charge in [0, 0.05) is 77.0 Å². The predicted molar refractivity (Wildman–Crippen MR) is 322 cm³/mol. The molecule has 0 saturated carbocycles. The van der Waals surface area contributed by atoms with E-state index in [0.29, 0.717) is 0 Å². The first-order valence-corrected chi connectivity index (χ1v) is 26.1. The molecule has 10 aromatic carbocycles. The fraction of sp³-hybridized carbons (Fsp3) is 0.0704. The lowest BCUT2D eigenvalue weighted by molar-refractivity contribution is 1.25. The van der Waals surface area contributed by atoms with Crippen LogP contribution in [0.5, 0.6) is 0 Å². The average Bonchev–Trinajstić information content (AvgIpc) is 4.39. The monoisotopic (exact) mass is 962 g/mol. The Bertz CT molecular complexity index is 4550. The topological polar surface area (TPSA) is 15.3 Å². The second-order valence-electron chi connectivity index (χ2n) is 20.2. The summed E-state index contributed by atoms with van der Waals surface area (Å²) in [6.45, 7) is 15.2. The maximum atomic E-state index is 4.19. The molecule has 4 nitrogen and oxygen atoms in total. The molecule has 0 fully saturated rings. The standard InChI is InChI=1S/C71H54N4/c1-7-9-23-48(8-2)62-66-54-38-40-58(72(50-26-15-11-16-27-50)60-42-44(3)34-36-46(60)5)64-53-31-20-22-33-57(53)75(68(54)64)71(66)63(49-24-13-10-14-25-49)67-55-39-41-59(65-52-30-19-21-32-56(52)74(69(55)65)70(62)67)73(51-28-17-12-18-29-51)61-43-45(4)35-37-47(61)6/h7-43H,1H2,2-6H3/b23-9-,48-8+. The number of rotatable bonds is 10. The first kappa shape index (κ1) is 44.3. The minimum Gasteiger partial charge on any atom is -0.310 e. The third kappa shape index (κ3) is 6.42. The van der Waals surface area contributed by atoms with Crippen molar-refractivity contribution >= 4 is 116 Å². The summed E-state index contributed by atoms with van der Waals surface area (Å²) in [7, 11) is 0. The van der Waals surface area contributed by atoms with Crippen LogP contribution in [-0.4, -0.2) is 8.80 Å². The molecule has 0 atom stereocenters. The first-order chi connectivity index (χ1) is 36.9. The fourth-order valence-electron chi connectivity index (χ4n) is 12.6. The quantitative estimate of drug-likeness (QED) is 0.127. The smallest absolute Gasteiger partial charge is 0.0642 e. The third-order valence-corrected chi connectivity index (χ3v) is 15.8. The van der Waals surface area contributed by atoms with E-state index in [9.17, 15) is 0 Å². The molecule has 75 heavy (non-hydrogen) atoms. The van der Waals surface area contributed by atoms with Crippen molar-refractivity contribution in [2.24, 2.45) is 0 Å². The molecule has 14 aromatic rings. The van der Waals surface area contributed by atoms with Gasteiger partial charge in [0.1, 0.15) is 0 Å². The second kappa shape index (κ2) is 17.1. The lowest BCUT2D eigenvalue weighted by atomic mass is 9.88. The van der Waals surface area contributed by atoms with Crippen molar-refractivity contribution in [3.05, 3.63) is 259 Å². The van der Waals surface area contributed by atoms with Gasteiger partial charge in [-0.15, -0.1) is 0 Å². The van der Waals surface area contributed by atoms with Crippen LogP contribution in [-0.2, 0) is 0 Å². The molecule has 0 unspecified atom stereocenters. The molecule has 14 rings (SSSR count). The zero-order valence-corrected chi connectivity index (χ0v) is 42.9. The van der Waals surface area contributed by atoms with Crippen molar-refractivity contribution in [1.29, 1.82) is 0 Å². The molecule has 0 aliphatic heterocycles. The first-order valence-electron chi connectivity index (χ1n) is 26.1. The lowest BCUT2D eigenvalue weighted by Crippen LogP contribution is -2.12. The van der Waals surface area contributed by atoms with Gasteiger partial charge in [0.15, 0.2) is 0 Å². The SMILES string of the molecule is C=C/C=C\C(=C/C)c1c2c3ccc(N(c4ccccc4)c4cc(C)ccc4C)c4c5ccccc5n(c2c(-c2ccccc2)c2c5ccc(N(c6ccccc6)c6cc(C)ccc6C)c6c7ccccc7n(c12)c56)c34. The average molecular weight is 963 g/mol. The summed E-state index contributed by atoms with van der Waals surface area (Å²) in [4.78, 5) is 4.97. The van der Waals surface area contributed by atoms with E-state index in [1.54, 1.807) is 0 Å². The van der Waals surface area contributed by atoms with Crippen LogP contribution in [0.15, 0.2) is 231 Å². The molecular formula is C71H54N4. The molecule has 0 amide bonds. The Kier molecular flexibility index (Phi) is 10.1. The number of anilines is 6. The van der Waals surface area contributed by atoms with Crippen LogP contribution in [0, 0.1) is 27.7 Å². The highest BCUT2D eigenvalue weighted by Crippen LogP contribution is 2.56. The van der Waals surface area contributed by atoms with E-state index in [2.05, 4.69) is 278 Å². The van der Waals surface area contributed by atoms with Crippen molar-refractivity contribution in [3.8, 4) is 11.1 Å². The van der Waals surface area contributed by atoms with E-state index in [-0.39, 0.29) is 0 Å². The molecular weight excluding hydrogens is 909 g/mol. The number of para-hydroxylation sites is 4. The van der Waals surface area contributed by atoms with E-state index in [1.165, 1.54) is 127 Å². The van der Waals surface area contributed by atoms with Gasteiger partial charge in [-0.05, 0) is 129 Å². The van der Waals surface area contributed by atoms with Crippen LogP contribution < -0.4 is 9.80 Å². The van der Waals surface area contributed by atoms with Crippen molar-refractivity contribution in [2.45, 2.75) is 34.6 Å². The highest BCUT2D eigenvalue weighted by atomic mass is 15.2.